The first-order valence-electron chi connectivity index (χ1n) is 5.30. The first-order chi connectivity index (χ1) is 8.20. The molecule has 0 saturated heterocycles. The predicted octanol–water partition coefficient (Wildman–Crippen LogP) is 1.70. The van der Waals surface area contributed by atoms with Crippen molar-refractivity contribution in [2.24, 2.45) is 5.92 Å². The number of aromatic amines is 1. The monoisotopic (exact) mass is 255 g/mol. The maximum absolute atomic E-state index is 5.82. The second-order valence-electron chi connectivity index (χ2n) is 3.88. The number of halogens is 1. The third kappa shape index (κ3) is 2.83. The number of imidazole rings is 1. The fraction of sp³-hybridized carbons (Fsp3) is 0.500. The van der Waals surface area contributed by atoms with Crippen LogP contribution in [0.2, 0.25) is 5.28 Å². The molecule has 0 bridgehead atoms. The van der Waals surface area contributed by atoms with E-state index >= 15 is 0 Å². The minimum atomic E-state index is 0.187. The zero-order valence-corrected chi connectivity index (χ0v) is 10.5. The number of anilines is 1. The second kappa shape index (κ2) is 5.29. The third-order valence-corrected chi connectivity index (χ3v) is 2.50. The normalized spacial score (nSPS) is 12.9. The van der Waals surface area contributed by atoms with E-state index in [4.69, 9.17) is 16.3 Å². The van der Waals surface area contributed by atoms with E-state index in [2.05, 4.69) is 32.2 Å². The van der Waals surface area contributed by atoms with Crippen molar-refractivity contribution in [3.8, 4) is 0 Å². The Morgan fingerprint density at radius 2 is 2.35 bits per heavy atom. The number of methoxy groups -OCH3 is 1. The average molecular weight is 256 g/mol. The summed E-state index contributed by atoms with van der Waals surface area (Å²) >= 11 is 5.82. The van der Waals surface area contributed by atoms with E-state index in [0.29, 0.717) is 24.0 Å². The molecule has 0 fully saturated rings. The zero-order chi connectivity index (χ0) is 12.3. The maximum atomic E-state index is 5.82. The Bertz CT molecular complexity index is 500. The Morgan fingerprint density at radius 1 is 1.53 bits per heavy atom. The smallest absolute Gasteiger partial charge is 0.226 e. The van der Waals surface area contributed by atoms with Gasteiger partial charge in [0.15, 0.2) is 11.5 Å². The van der Waals surface area contributed by atoms with Gasteiger partial charge in [-0.25, -0.2) is 4.98 Å². The number of ether oxygens (including phenoxy) is 1. The first-order valence-corrected chi connectivity index (χ1v) is 5.68. The molecular formula is C10H14ClN5O. The molecule has 0 aliphatic heterocycles. The van der Waals surface area contributed by atoms with E-state index in [1.165, 1.54) is 0 Å². The van der Waals surface area contributed by atoms with E-state index in [9.17, 15) is 0 Å². The van der Waals surface area contributed by atoms with Gasteiger partial charge in [0.25, 0.3) is 0 Å². The number of aromatic nitrogens is 4. The number of H-pyrrole nitrogens is 1. The second-order valence-corrected chi connectivity index (χ2v) is 4.22. The Balaban J connectivity index is 2.14. The van der Waals surface area contributed by atoms with Gasteiger partial charge in [-0.05, 0) is 17.5 Å². The number of fused-ring (bicyclic) bond motifs is 1. The van der Waals surface area contributed by atoms with Crippen LogP contribution >= 0.6 is 11.6 Å². The molecule has 2 heterocycles. The molecule has 17 heavy (non-hydrogen) atoms. The fourth-order valence-electron chi connectivity index (χ4n) is 1.55. The summed E-state index contributed by atoms with van der Waals surface area (Å²) in [4.78, 5) is 15.2. The van der Waals surface area contributed by atoms with Crippen LogP contribution in [0.3, 0.4) is 0 Å². The largest absolute Gasteiger partial charge is 0.384 e. The van der Waals surface area contributed by atoms with E-state index in [0.717, 1.165) is 12.1 Å². The summed E-state index contributed by atoms with van der Waals surface area (Å²) in [7, 11) is 1.69. The summed E-state index contributed by atoms with van der Waals surface area (Å²) in [6.45, 7) is 3.52. The van der Waals surface area contributed by atoms with Crippen LogP contribution in [0, 0.1) is 5.92 Å². The molecule has 0 amide bonds. The van der Waals surface area contributed by atoms with Crippen molar-refractivity contribution in [2.75, 3.05) is 25.6 Å². The van der Waals surface area contributed by atoms with E-state index < -0.39 is 0 Å². The van der Waals surface area contributed by atoms with Gasteiger partial charge in [0.2, 0.25) is 5.28 Å². The van der Waals surface area contributed by atoms with Gasteiger partial charge in [0.1, 0.15) is 5.52 Å². The summed E-state index contributed by atoms with van der Waals surface area (Å²) in [6.07, 6.45) is 1.57. The lowest BCUT2D eigenvalue weighted by Crippen LogP contribution is -2.16. The van der Waals surface area contributed by atoms with Gasteiger partial charge in [0, 0.05) is 13.7 Å². The molecule has 1 atom stereocenters. The molecule has 0 spiro atoms. The molecule has 7 heteroatoms. The van der Waals surface area contributed by atoms with Gasteiger partial charge in [-0.1, -0.05) is 6.92 Å². The Morgan fingerprint density at radius 3 is 3.12 bits per heavy atom. The summed E-state index contributed by atoms with van der Waals surface area (Å²) < 4.78 is 5.07. The van der Waals surface area contributed by atoms with Crippen LogP contribution in [0.1, 0.15) is 6.92 Å². The summed E-state index contributed by atoms with van der Waals surface area (Å²) in [5, 5.41) is 3.40. The lowest BCUT2D eigenvalue weighted by Gasteiger charge is -2.12. The lowest BCUT2D eigenvalue weighted by atomic mass is 10.2. The van der Waals surface area contributed by atoms with Crippen LogP contribution < -0.4 is 5.32 Å². The number of nitrogens with one attached hydrogen (secondary N) is 2. The highest BCUT2D eigenvalue weighted by molar-refractivity contribution is 6.28. The Hall–Kier alpha value is -1.40. The molecule has 0 aromatic carbocycles. The SMILES string of the molecule is COCC(C)CNc1nc(Cl)nc2nc[nH]c12. The highest BCUT2D eigenvalue weighted by Crippen LogP contribution is 2.18. The number of hydrogen-bond donors (Lipinski definition) is 2. The van der Waals surface area contributed by atoms with Crippen molar-refractivity contribution in [1.82, 2.24) is 19.9 Å². The van der Waals surface area contributed by atoms with Crippen molar-refractivity contribution in [3.63, 3.8) is 0 Å². The molecule has 0 aliphatic rings. The molecule has 92 valence electrons. The van der Waals surface area contributed by atoms with E-state index in [1.54, 1.807) is 13.4 Å². The van der Waals surface area contributed by atoms with E-state index in [1.807, 2.05) is 0 Å². The van der Waals surface area contributed by atoms with Gasteiger partial charge in [-0.2, -0.15) is 9.97 Å². The minimum Gasteiger partial charge on any atom is -0.384 e. The van der Waals surface area contributed by atoms with Crippen molar-refractivity contribution in [1.29, 1.82) is 0 Å². The maximum Gasteiger partial charge on any atom is 0.226 e. The van der Waals surface area contributed by atoms with Crippen LogP contribution in [0.25, 0.3) is 11.2 Å². The average Bonchev–Trinajstić information content (AvgIpc) is 2.74. The van der Waals surface area contributed by atoms with Crippen molar-refractivity contribution < 1.29 is 4.74 Å². The van der Waals surface area contributed by atoms with Crippen LogP contribution in [-0.4, -0.2) is 40.2 Å². The number of nitrogens with zero attached hydrogens (tertiary/aromatic N) is 3. The summed E-state index contributed by atoms with van der Waals surface area (Å²) in [5.41, 5.74) is 1.32. The third-order valence-electron chi connectivity index (χ3n) is 2.33. The number of rotatable bonds is 5. The highest BCUT2D eigenvalue weighted by Gasteiger charge is 2.09. The van der Waals surface area contributed by atoms with Gasteiger partial charge in [-0.15, -0.1) is 0 Å². The molecule has 0 aliphatic carbocycles. The number of hydrogen-bond acceptors (Lipinski definition) is 5. The Kier molecular flexibility index (Phi) is 3.75. The first kappa shape index (κ1) is 12.1. The van der Waals surface area contributed by atoms with Gasteiger partial charge >= 0.3 is 0 Å². The van der Waals surface area contributed by atoms with Crippen LogP contribution in [0.4, 0.5) is 5.82 Å². The van der Waals surface area contributed by atoms with Crippen LogP contribution in [0.5, 0.6) is 0 Å². The molecule has 2 aromatic heterocycles. The Labute approximate surface area is 104 Å². The molecule has 2 N–H and O–H groups in total. The molecule has 1 unspecified atom stereocenters. The lowest BCUT2D eigenvalue weighted by molar-refractivity contribution is 0.164. The molecule has 2 aromatic rings. The van der Waals surface area contributed by atoms with Crippen LogP contribution in [-0.2, 0) is 4.74 Å². The minimum absolute atomic E-state index is 0.187. The molecular weight excluding hydrogens is 242 g/mol. The van der Waals surface area contributed by atoms with Crippen molar-refractivity contribution in [3.05, 3.63) is 11.6 Å². The standard InChI is InChI=1S/C10H14ClN5O/c1-6(4-17-2)3-12-8-7-9(14-5-13-7)16-10(11)15-8/h5-6H,3-4H2,1-2H3,(H2,12,13,14,15,16). The summed E-state index contributed by atoms with van der Waals surface area (Å²) in [6, 6.07) is 0. The molecule has 0 saturated carbocycles. The van der Waals surface area contributed by atoms with E-state index in [-0.39, 0.29) is 5.28 Å². The van der Waals surface area contributed by atoms with Crippen LogP contribution in [0.15, 0.2) is 6.33 Å². The molecule has 2 rings (SSSR count). The fourth-order valence-corrected chi connectivity index (χ4v) is 1.71. The van der Waals surface area contributed by atoms with Crippen molar-refractivity contribution in [2.45, 2.75) is 6.92 Å². The quantitative estimate of drug-likeness (QED) is 0.796. The van der Waals surface area contributed by atoms with Gasteiger partial charge in [-0.3, -0.25) is 0 Å². The summed E-state index contributed by atoms with van der Waals surface area (Å²) in [5.74, 6) is 1.05. The van der Waals surface area contributed by atoms with Crippen molar-refractivity contribution >= 4 is 28.6 Å². The molecule has 6 nitrogen and oxygen atoms in total. The predicted molar refractivity (Wildman–Crippen MR) is 66.2 cm³/mol. The topological polar surface area (TPSA) is 75.7 Å². The highest BCUT2D eigenvalue weighted by atomic mass is 35.5. The zero-order valence-electron chi connectivity index (χ0n) is 9.70. The van der Waals surface area contributed by atoms with Gasteiger partial charge < -0.3 is 15.0 Å². The molecule has 0 radical (unpaired) electrons. The van der Waals surface area contributed by atoms with Gasteiger partial charge in [0.05, 0.1) is 12.9 Å².